The molecule has 124 valence electrons. The number of nitrogens with zero attached hydrogens (tertiary/aromatic N) is 2. The molecule has 9 heteroatoms. The highest BCUT2D eigenvalue weighted by molar-refractivity contribution is 7.13. The molecule has 22 heavy (non-hydrogen) atoms. The maximum absolute atomic E-state index is 12.5. The Balaban J connectivity index is 1.89. The van der Waals surface area contributed by atoms with Gasteiger partial charge in [-0.2, -0.15) is 13.2 Å². The Kier molecular flexibility index (Phi) is 4.55. The van der Waals surface area contributed by atoms with E-state index in [1.165, 1.54) is 0 Å². The van der Waals surface area contributed by atoms with E-state index in [1.54, 1.807) is 25.7 Å². The first-order valence-corrected chi connectivity index (χ1v) is 7.70. The van der Waals surface area contributed by atoms with Gasteiger partial charge in [0.25, 0.3) is 0 Å². The average Bonchev–Trinajstić information content (AvgIpc) is 2.95. The molecule has 0 radical (unpaired) electrons. The molecule has 5 nitrogen and oxygen atoms in total. The third-order valence-corrected chi connectivity index (χ3v) is 3.74. The van der Waals surface area contributed by atoms with E-state index < -0.39 is 23.6 Å². The van der Waals surface area contributed by atoms with Crippen molar-refractivity contribution in [2.24, 2.45) is 0 Å². The van der Waals surface area contributed by atoms with Gasteiger partial charge in [-0.25, -0.2) is 9.78 Å². The minimum atomic E-state index is -4.44. The van der Waals surface area contributed by atoms with Crippen molar-refractivity contribution in [3.63, 3.8) is 0 Å². The first-order chi connectivity index (χ1) is 10.0. The fourth-order valence-corrected chi connectivity index (χ4v) is 2.81. The molecule has 0 aliphatic carbocycles. The van der Waals surface area contributed by atoms with Crippen molar-refractivity contribution in [3.8, 4) is 0 Å². The summed E-state index contributed by atoms with van der Waals surface area (Å²) in [6.45, 7) is 6.24. The van der Waals surface area contributed by atoms with Crippen LogP contribution in [-0.4, -0.2) is 40.7 Å². The van der Waals surface area contributed by atoms with E-state index in [-0.39, 0.29) is 11.2 Å². The summed E-state index contributed by atoms with van der Waals surface area (Å²) < 4.78 is 42.7. The third-order valence-electron chi connectivity index (χ3n) is 2.96. The summed E-state index contributed by atoms with van der Waals surface area (Å²) in [4.78, 5) is 17.0. The molecule has 0 saturated carbocycles. The maximum Gasteiger partial charge on any atom is 0.434 e. The maximum atomic E-state index is 12.5. The molecule has 1 aliphatic heterocycles. The van der Waals surface area contributed by atoms with Crippen molar-refractivity contribution in [1.82, 2.24) is 9.88 Å². The number of ether oxygens (including phenoxy) is 1. The molecule has 1 aromatic rings. The second kappa shape index (κ2) is 5.94. The fourth-order valence-electron chi connectivity index (χ4n) is 2.02. The Hall–Kier alpha value is -1.51. The lowest BCUT2D eigenvalue weighted by atomic mass is 10.2. The minimum absolute atomic E-state index is 0.125. The number of halogens is 3. The molecular formula is C13H18F3N3O2S. The van der Waals surface area contributed by atoms with Crippen molar-refractivity contribution in [2.75, 3.05) is 18.4 Å². The zero-order valence-corrected chi connectivity index (χ0v) is 13.3. The van der Waals surface area contributed by atoms with Gasteiger partial charge in [0.1, 0.15) is 5.60 Å². The van der Waals surface area contributed by atoms with E-state index in [4.69, 9.17) is 4.74 Å². The highest BCUT2D eigenvalue weighted by atomic mass is 32.1. The predicted molar refractivity (Wildman–Crippen MR) is 77.0 cm³/mol. The summed E-state index contributed by atoms with van der Waals surface area (Å²) in [5, 5.41) is 4.13. The van der Waals surface area contributed by atoms with Gasteiger partial charge in [0.05, 0.1) is 0 Å². The van der Waals surface area contributed by atoms with Crippen molar-refractivity contribution in [1.29, 1.82) is 0 Å². The number of carbonyl (C=O) groups is 1. The van der Waals surface area contributed by atoms with E-state index in [9.17, 15) is 18.0 Å². The Labute approximate surface area is 130 Å². The van der Waals surface area contributed by atoms with E-state index in [0.29, 0.717) is 19.5 Å². The van der Waals surface area contributed by atoms with Gasteiger partial charge >= 0.3 is 12.3 Å². The van der Waals surface area contributed by atoms with Crippen LogP contribution >= 0.6 is 11.3 Å². The van der Waals surface area contributed by atoms with Crippen LogP contribution in [0.1, 0.15) is 32.9 Å². The Morgan fingerprint density at radius 2 is 2.14 bits per heavy atom. The third kappa shape index (κ3) is 4.49. The van der Waals surface area contributed by atoms with Gasteiger partial charge in [-0.3, -0.25) is 0 Å². The molecule has 1 aliphatic rings. The van der Waals surface area contributed by atoms with Crippen molar-refractivity contribution in [3.05, 3.63) is 11.1 Å². The number of thiazole rings is 1. The average molecular weight is 337 g/mol. The van der Waals surface area contributed by atoms with E-state index in [2.05, 4.69) is 10.3 Å². The van der Waals surface area contributed by atoms with Crippen molar-refractivity contribution < 1.29 is 22.7 Å². The molecule has 0 bridgehead atoms. The molecule has 1 atom stereocenters. The highest BCUT2D eigenvalue weighted by Crippen LogP contribution is 2.32. The zero-order valence-electron chi connectivity index (χ0n) is 12.5. The van der Waals surface area contributed by atoms with Crippen LogP contribution in [-0.2, 0) is 10.9 Å². The van der Waals surface area contributed by atoms with Crippen LogP contribution in [0.4, 0.5) is 23.1 Å². The SMILES string of the molecule is CC(C)(C)OC(=O)N1CC[C@H](Nc2nc(C(F)(F)F)cs2)C1. The van der Waals surface area contributed by atoms with Crippen LogP contribution in [0.25, 0.3) is 0 Å². The first-order valence-electron chi connectivity index (χ1n) is 6.82. The first kappa shape index (κ1) is 16.9. The topological polar surface area (TPSA) is 54.5 Å². The van der Waals surface area contributed by atoms with Gasteiger partial charge in [0.15, 0.2) is 10.8 Å². The number of aromatic nitrogens is 1. The molecule has 1 aromatic heterocycles. The van der Waals surface area contributed by atoms with Crippen LogP contribution in [0.2, 0.25) is 0 Å². The monoisotopic (exact) mass is 337 g/mol. The van der Waals surface area contributed by atoms with E-state index >= 15 is 0 Å². The van der Waals surface area contributed by atoms with Crippen LogP contribution in [0.15, 0.2) is 5.38 Å². The summed E-state index contributed by atoms with van der Waals surface area (Å²) in [5.41, 5.74) is -1.47. The molecular weight excluding hydrogens is 319 g/mol. The molecule has 0 unspecified atom stereocenters. The van der Waals surface area contributed by atoms with Gasteiger partial charge in [-0.05, 0) is 27.2 Å². The molecule has 1 fully saturated rings. The zero-order chi connectivity index (χ0) is 16.5. The number of carbonyl (C=O) groups excluding carboxylic acids is 1. The summed E-state index contributed by atoms with van der Waals surface area (Å²) >= 11 is 0.906. The highest BCUT2D eigenvalue weighted by Gasteiger charge is 2.35. The van der Waals surface area contributed by atoms with E-state index in [0.717, 1.165) is 16.7 Å². The fraction of sp³-hybridized carbons (Fsp3) is 0.692. The van der Waals surface area contributed by atoms with Gasteiger partial charge in [-0.15, -0.1) is 11.3 Å². The normalized spacial score (nSPS) is 19.4. The number of alkyl halides is 3. The predicted octanol–water partition coefficient (Wildman–Crippen LogP) is 3.58. The van der Waals surface area contributed by atoms with Crippen LogP contribution in [0.3, 0.4) is 0 Å². The standard InChI is InChI=1S/C13H18F3N3O2S/c1-12(2,3)21-11(20)19-5-4-8(6-19)17-10-18-9(7-22-10)13(14,15)16/h7-8H,4-6H2,1-3H3,(H,17,18)/t8-/m0/s1. The number of rotatable bonds is 2. The number of hydrogen-bond acceptors (Lipinski definition) is 5. The van der Waals surface area contributed by atoms with Crippen LogP contribution < -0.4 is 5.32 Å². The lowest BCUT2D eigenvalue weighted by Gasteiger charge is -2.24. The number of amides is 1. The largest absolute Gasteiger partial charge is 0.444 e. The molecule has 1 amide bonds. The van der Waals surface area contributed by atoms with Crippen LogP contribution in [0, 0.1) is 0 Å². The molecule has 1 saturated heterocycles. The number of nitrogens with one attached hydrogen (secondary N) is 1. The summed E-state index contributed by atoms with van der Waals surface area (Å²) in [5.74, 6) is 0. The van der Waals surface area contributed by atoms with Crippen LogP contribution in [0.5, 0.6) is 0 Å². The second-order valence-corrected chi connectivity index (χ2v) is 6.95. The number of likely N-dealkylation sites (tertiary alicyclic amines) is 1. The summed E-state index contributed by atoms with van der Waals surface area (Å²) in [7, 11) is 0. The summed E-state index contributed by atoms with van der Waals surface area (Å²) in [6.07, 6.45) is -4.21. The quantitative estimate of drug-likeness (QED) is 0.896. The van der Waals surface area contributed by atoms with Crippen molar-refractivity contribution in [2.45, 2.75) is 45.0 Å². The lowest BCUT2D eigenvalue weighted by Crippen LogP contribution is -2.36. The Morgan fingerprint density at radius 3 is 2.68 bits per heavy atom. The number of hydrogen-bond donors (Lipinski definition) is 1. The molecule has 0 spiro atoms. The van der Waals surface area contributed by atoms with Gasteiger partial charge in [-0.1, -0.05) is 0 Å². The van der Waals surface area contributed by atoms with Gasteiger partial charge in [0, 0.05) is 24.5 Å². The molecule has 2 rings (SSSR count). The molecule has 0 aromatic carbocycles. The van der Waals surface area contributed by atoms with Crippen molar-refractivity contribution >= 4 is 22.6 Å². The minimum Gasteiger partial charge on any atom is -0.444 e. The second-order valence-electron chi connectivity index (χ2n) is 6.09. The van der Waals surface area contributed by atoms with E-state index in [1.807, 2.05) is 0 Å². The smallest absolute Gasteiger partial charge is 0.434 e. The van der Waals surface area contributed by atoms with Gasteiger partial charge < -0.3 is 15.0 Å². The molecule has 2 heterocycles. The number of anilines is 1. The Morgan fingerprint density at radius 1 is 1.45 bits per heavy atom. The lowest BCUT2D eigenvalue weighted by molar-refractivity contribution is -0.140. The Bertz CT molecular complexity index is 539. The summed E-state index contributed by atoms with van der Waals surface area (Å²) in [6, 6.07) is -0.125. The van der Waals surface area contributed by atoms with Gasteiger partial charge in [0.2, 0.25) is 0 Å². The molecule has 1 N–H and O–H groups in total.